The Morgan fingerprint density at radius 2 is 2.17 bits per heavy atom. The molecule has 1 atom stereocenters. The van der Waals surface area contributed by atoms with Crippen LogP contribution in [0.2, 0.25) is 0 Å². The van der Waals surface area contributed by atoms with Crippen molar-refractivity contribution < 1.29 is 9.53 Å². The number of esters is 1. The Morgan fingerprint density at radius 1 is 1.44 bits per heavy atom. The van der Waals surface area contributed by atoms with E-state index in [0.29, 0.717) is 12.4 Å². The van der Waals surface area contributed by atoms with E-state index in [9.17, 15) is 4.79 Å². The number of ether oxygens (including phenoxy) is 1. The molecule has 0 bridgehead atoms. The third kappa shape index (κ3) is 2.76. The molecule has 5 nitrogen and oxygen atoms in total. The molecule has 94 valence electrons. The van der Waals surface area contributed by atoms with Gasteiger partial charge in [-0.15, -0.1) is 0 Å². The molecule has 18 heavy (non-hydrogen) atoms. The Labute approximate surface area is 113 Å². The van der Waals surface area contributed by atoms with E-state index in [1.54, 1.807) is 6.92 Å². The summed E-state index contributed by atoms with van der Waals surface area (Å²) in [6.07, 6.45) is 1.38. The minimum absolute atomic E-state index is 0.333. The fraction of sp³-hybridized carbons (Fsp3) is 0.250. The molecule has 0 fully saturated rings. The third-order valence-electron chi connectivity index (χ3n) is 2.43. The normalized spacial score (nSPS) is 12.1. The molecule has 6 heteroatoms. The fourth-order valence-corrected chi connectivity index (χ4v) is 1.90. The van der Waals surface area contributed by atoms with Crippen LogP contribution < -0.4 is 0 Å². The molecule has 0 saturated heterocycles. The number of rotatable bonds is 4. The van der Waals surface area contributed by atoms with Crippen molar-refractivity contribution in [2.24, 2.45) is 0 Å². The molecule has 0 aliphatic rings. The van der Waals surface area contributed by atoms with E-state index >= 15 is 0 Å². The lowest BCUT2D eigenvalue weighted by Gasteiger charge is -2.13. The molecule has 1 N–H and O–H groups in total. The van der Waals surface area contributed by atoms with Gasteiger partial charge in [0.2, 0.25) is 0 Å². The van der Waals surface area contributed by atoms with Gasteiger partial charge in [-0.2, -0.15) is 5.10 Å². The highest BCUT2D eigenvalue weighted by atomic mass is 79.9. The van der Waals surface area contributed by atoms with Crippen LogP contribution in [0, 0.1) is 0 Å². The van der Waals surface area contributed by atoms with E-state index in [0.717, 1.165) is 10.0 Å². The SMILES string of the molecule is CCOC(=O)C(c1ccc(Br)cc1)c1ncn[nH]1. The first-order chi connectivity index (χ1) is 8.72. The summed E-state index contributed by atoms with van der Waals surface area (Å²) >= 11 is 3.36. The van der Waals surface area contributed by atoms with Crippen molar-refractivity contribution in [3.63, 3.8) is 0 Å². The summed E-state index contributed by atoms with van der Waals surface area (Å²) < 4.78 is 6.02. The van der Waals surface area contributed by atoms with E-state index in [-0.39, 0.29) is 5.97 Å². The van der Waals surface area contributed by atoms with Crippen LogP contribution >= 0.6 is 15.9 Å². The predicted molar refractivity (Wildman–Crippen MR) is 69.0 cm³/mol. The number of H-pyrrole nitrogens is 1. The van der Waals surface area contributed by atoms with Crippen LogP contribution in [0.4, 0.5) is 0 Å². The van der Waals surface area contributed by atoms with Crippen molar-refractivity contribution in [1.82, 2.24) is 15.2 Å². The maximum absolute atomic E-state index is 12.0. The Morgan fingerprint density at radius 3 is 2.72 bits per heavy atom. The van der Waals surface area contributed by atoms with Crippen LogP contribution in [-0.2, 0) is 9.53 Å². The first kappa shape index (κ1) is 12.8. The summed E-state index contributed by atoms with van der Waals surface area (Å²) in [5.74, 6) is -0.423. The second kappa shape index (κ2) is 5.77. The average molecular weight is 310 g/mol. The van der Waals surface area contributed by atoms with Crippen LogP contribution in [0.15, 0.2) is 35.1 Å². The van der Waals surface area contributed by atoms with Crippen molar-refractivity contribution in [1.29, 1.82) is 0 Å². The Kier molecular flexibility index (Phi) is 4.09. The van der Waals surface area contributed by atoms with Crippen molar-refractivity contribution in [2.75, 3.05) is 6.61 Å². The molecule has 0 aliphatic heterocycles. The van der Waals surface area contributed by atoms with Gasteiger partial charge in [0.25, 0.3) is 0 Å². The molecule has 0 radical (unpaired) electrons. The monoisotopic (exact) mass is 309 g/mol. The standard InChI is InChI=1S/C12H12BrN3O2/c1-2-18-12(17)10(11-14-7-15-16-11)8-3-5-9(13)6-4-8/h3-7,10H,2H2,1H3,(H,14,15,16). The van der Waals surface area contributed by atoms with E-state index in [4.69, 9.17) is 4.74 Å². The van der Waals surface area contributed by atoms with Gasteiger partial charge >= 0.3 is 5.97 Å². The number of aromatic nitrogens is 3. The number of aromatic amines is 1. The lowest BCUT2D eigenvalue weighted by atomic mass is 9.99. The topological polar surface area (TPSA) is 67.9 Å². The zero-order valence-electron chi connectivity index (χ0n) is 9.76. The van der Waals surface area contributed by atoms with E-state index in [2.05, 4.69) is 31.1 Å². The number of hydrogen-bond donors (Lipinski definition) is 1. The van der Waals surface area contributed by atoms with E-state index < -0.39 is 5.92 Å². The summed E-state index contributed by atoms with van der Waals surface area (Å²) in [7, 11) is 0. The largest absolute Gasteiger partial charge is 0.465 e. The molecule has 0 spiro atoms. The number of halogens is 1. The molecule has 0 saturated carbocycles. The summed E-state index contributed by atoms with van der Waals surface area (Å²) in [4.78, 5) is 16.0. The summed E-state index contributed by atoms with van der Waals surface area (Å²) in [6, 6.07) is 7.46. The van der Waals surface area contributed by atoms with Gasteiger partial charge in [0.15, 0.2) is 0 Å². The zero-order chi connectivity index (χ0) is 13.0. The van der Waals surface area contributed by atoms with Crippen LogP contribution in [0.25, 0.3) is 0 Å². The molecule has 0 aliphatic carbocycles. The molecule has 2 aromatic rings. The van der Waals surface area contributed by atoms with Crippen molar-refractivity contribution in [3.8, 4) is 0 Å². The number of nitrogens with one attached hydrogen (secondary N) is 1. The van der Waals surface area contributed by atoms with Crippen LogP contribution in [0.3, 0.4) is 0 Å². The second-order valence-electron chi connectivity index (χ2n) is 3.61. The fourth-order valence-electron chi connectivity index (χ4n) is 1.64. The minimum Gasteiger partial charge on any atom is -0.465 e. The summed E-state index contributed by atoms with van der Waals surface area (Å²) in [5, 5.41) is 6.49. The number of benzene rings is 1. The van der Waals surface area contributed by atoms with Crippen molar-refractivity contribution in [3.05, 3.63) is 46.5 Å². The lowest BCUT2D eigenvalue weighted by molar-refractivity contribution is -0.144. The third-order valence-corrected chi connectivity index (χ3v) is 2.96. The Bertz CT molecular complexity index is 511. The maximum Gasteiger partial charge on any atom is 0.321 e. The molecule has 0 amide bonds. The highest BCUT2D eigenvalue weighted by Gasteiger charge is 2.26. The van der Waals surface area contributed by atoms with E-state index in [1.165, 1.54) is 6.33 Å². The molecule has 2 rings (SSSR count). The lowest BCUT2D eigenvalue weighted by Crippen LogP contribution is -2.18. The second-order valence-corrected chi connectivity index (χ2v) is 4.52. The van der Waals surface area contributed by atoms with Crippen molar-refractivity contribution >= 4 is 21.9 Å². The molecular weight excluding hydrogens is 298 g/mol. The Balaban J connectivity index is 2.36. The highest BCUT2D eigenvalue weighted by Crippen LogP contribution is 2.24. The number of carbonyl (C=O) groups excluding carboxylic acids is 1. The zero-order valence-corrected chi connectivity index (χ0v) is 11.3. The van der Waals surface area contributed by atoms with E-state index in [1.807, 2.05) is 24.3 Å². The molecule has 1 aromatic carbocycles. The number of hydrogen-bond acceptors (Lipinski definition) is 4. The molecule has 1 heterocycles. The van der Waals surface area contributed by atoms with Gasteiger partial charge in [-0.25, -0.2) is 4.98 Å². The molecular formula is C12H12BrN3O2. The number of carbonyl (C=O) groups is 1. The Hall–Kier alpha value is -1.69. The van der Waals surface area contributed by atoms with Crippen molar-refractivity contribution in [2.45, 2.75) is 12.8 Å². The smallest absolute Gasteiger partial charge is 0.321 e. The first-order valence-electron chi connectivity index (χ1n) is 5.49. The highest BCUT2D eigenvalue weighted by molar-refractivity contribution is 9.10. The average Bonchev–Trinajstić information content (AvgIpc) is 2.86. The van der Waals surface area contributed by atoms with Crippen LogP contribution in [0.5, 0.6) is 0 Å². The minimum atomic E-state index is -0.569. The predicted octanol–water partition coefficient (Wildman–Crippen LogP) is 2.26. The molecule has 1 unspecified atom stereocenters. The maximum atomic E-state index is 12.0. The van der Waals surface area contributed by atoms with Gasteiger partial charge in [0, 0.05) is 4.47 Å². The quantitative estimate of drug-likeness (QED) is 0.880. The van der Waals surface area contributed by atoms with Crippen LogP contribution in [-0.4, -0.2) is 27.8 Å². The van der Waals surface area contributed by atoms with Gasteiger partial charge in [0.05, 0.1) is 6.61 Å². The summed E-state index contributed by atoms with van der Waals surface area (Å²) in [6.45, 7) is 2.11. The summed E-state index contributed by atoms with van der Waals surface area (Å²) in [5.41, 5.74) is 0.813. The first-order valence-corrected chi connectivity index (χ1v) is 6.29. The van der Waals surface area contributed by atoms with Gasteiger partial charge in [0.1, 0.15) is 18.1 Å². The van der Waals surface area contributed by atoms with Gasteiger partial charge in [-0.3, -0.25) is 9.89 Å². The van der Waals surface area contributed by atoms with Gasteiger partial charge in [-0.1, -0.05) is 28.1 Å². The number of nitrogens with zero attached hydrogens (tertiary/aromatic N) is 2. The molecule has 1 aromatic heterocycles. The van der Waals surface area contributed by atoms with Gasteiger partial charge < -0.3 is 4.74 Å². The van der Waals surface area contributed by atoms with Gasteiger partial charge in [-0.05, 0) is 24.6 Å². The van der Waals surface area contributed by atoms with Crippen LogP contribution in [0.1, 0.15) is 24.2 Å².